The highest BCUT2D eigenvalue weighted by Crippen LogP contribution is 2.36. The number of carbonyl (C=O) groups excluding carboxylic acids is 3. The van der Waals surface area contributed by atoms with Crippen LogP contribution in [0.1, 0.15) is 34.6 Å². The number of carbonyl (C=O) groups is 3. The van der Waals surface area contributed by atoms with Crippen molar-refractivity contribution in [3.8, 4) is 0 Å². The van der Waals surface area contributed by atoms with Gasteiger partial charge in [-0.25, -0.2) is 9.97 Å². The van der Waals surface area contributed by atoms with Gasteiger partial charge < -0.3 is 9.80 Å². The van der Waals surface area contributed by atoms with Gasteiger partial charge >= 0.3 is 0 Å². The summed E-state index contributed by atoms with van der Waals surface area (Å²) >= 11 is 1.42. The molecule has 0 radical (unpaired) electrons. The molecule has 0 saturated carbocycles. The molecule has 9 heteroatoms. The second-order valence-corrected chi connectivity index (χ2v) is 8.49. The first-order valence-electron chi connectivity index (χ1n) is 9.89. The molecule has 2 aliphatic rings. The van der Waals surface area contributed by atoms with Crippen molar-refractivity contribution in [1.82, 2.24) is 14.9 Å². The van der Waals surface area contributed by atoms with Crippen LogP contribution in [0, 0.1) is 13.8 Å². The van der Waals surface area contributed by atoms with Gasteiger partial charge in [0.15, 0.2) is 0 Å². The maximum Gasteiger partial charge on any atom is 0.253 e. The van der Waals surface area contributed by atoms with E-state index in [0.717, 1.165) is 42.2 Å². The van der Waals surface area contributed by atoms with Crippen molar-refractivity contribution in [3.05, 3.63) is 41.2 Å². The van der Waals surface area contributed by atoms with Crippen LogP contribution in [0.15, 0.2) is 29.2 Å². The molecule has 2 aromatic rings. The summed E-state index contributed by atoms with van der Waals surface area (Å²) in [4.78, 5) is 50.5. The minimum Gasteiger partial charge on any atom is -0.339 e. The fraction of sp³-hybridized carbons (Fsp3) is 0.381. The fourth-order valence-electron chi connectivity index (χ4n) is 3.70. The van der Waals surface area contributed by atoms with E-state index >= 15 is 0 Å². The lowest BCUT2D eigenvalue weighted by atomic mass is 10.1. The van der Waals surface area contributed by atoms with Gasteiger partial charge in [-0.05, 0) is 51.0 Å². The van der Waals surface area contributed by atoms with E-state index < -0.39 is 0 Å². The number of rotatable bonds is 4. The molecular weight excluding hydrogens is 402 g/mol. The van der Waals surface area contributed by atoms with E-state index in [1.807, 2.05) is 30.9 Å². The molecule has 3 heterocycles. The average Bonchev–Trinajstić information content (AvgIpc) is 3.23. The number of nitrogens with zero attached hydrogens (tertiary/aromatic N) is 4. The largest absolute Gasteiger partial charge is 0.339 e. The molecule has 1 fully saturated rings. The maximum atomic E-state index is 12.8. The van der Waals surface area contributed by atoms with Gasteiger partial charge in [-0.15, -0.1) is 11.8 Å². The van der Waals surface area contributed by atoms with Crippen LogP contribution in [0.3, 0.4) is 0 Å². The topological polar surface area (TPSA) is 95.5 Å². The van der Waals surface area contributed by atoms with E-state index in [4.69, 9.17) is 0 Å². The highest BCUT2D eigenvalue weighted by atomic mass is 32.2. The van der Waals surface area contributed by atoms with Gasteiger partial charge in [0.25, 0.3) is 5.91 Å². The molecule has 0 spiro atoms. The van der Waals surface area contributed by atoms with E-state index in [9.17, 15) is 14.4 Å². The Morgan fingerprint density at radius 2 is 1.80 bits per heavy atom. The minimum absolute atomic E-state index is 0.0358. The van der Waals surface area contributed by atoms with Crippen LogP contribution >= 0.6 is 11.8 Å². The predicted octanol–water partition coefficient (Wildman–Crippen LogP) is 2.41. The predicted molar refractivity (Wildman–Crippen MR) is 115 cm³/mol. The Labute approximate surface area is 179 Å². The molecule has 2 aliphatic heterocycles. The average molecular weight is 426 g/mol. The molecule has 0 atom stereocenters. The normalized spacial score (nSPS) is 15.9. The summed E-state index contributed by atoms with van der Waals surface area (Å²) in [5.74, 6) is -0.127. The molecule has 1 aromatic heterocycles. The Balaban J connectivity index is 1.55. The SMILES string of the molecule is Cc1cc(C)nc(NC(=O)CN2C(=O)CSc3ccc(C(=O)N4CCCC4)cc32)n1. The van der Waals surface area contributed by atoms with E-state index in [0.29, 0.717) is 11.3 Å². The second kappa shape index (κ2) is 8.43. The number of hydrogen-bond donors (Lipinski definition) is 1. The van der Waals surface area contributed by atoms with Gasteiger partial charge in [0, 0.05) is 34.9 Å². The summed E-state index contributed by atoms with van der Waals surface area (Å²) in [5.41, 5.74) is 2.63. The van der Waals surface area contributed by atoms with Crippen LogP contribution in [-0.4, -0.2) is 58.0 Å². The molecule has 1 saturated heterocycles. The molecule has 8 nitrogen and oxygen atoms in total. The zero-order chi connectivity index (χ0) is 21.3. The third-order valence-corrected chi connectivity index (χ3v) is 6.12. The third kappa shape index (κ3) is 4.30. The van der Waals surface area contributed by atoms with Crippen molar-refractivity contribution in [1.29, 1.82) is 0 Å². The Bertz CT molecular complexity index is 999. The standard InChI is InChI=1S/C21H23N5O3S/c1-13-9-14(2)23-21(22-13)24-18(27)11-26-16-10-15(20(29)25-7-3-4-8-25)5-6-17(16)30-12-19(26)28/h5-6,9-10H,3-4,7-8,11-12H2,1-2H3,(H,22,23,24,27). The molecule has 30 heavy (non-hydrogen) atoms. The van der Waals surface area contributed by atoms with Crippen LogP contribution in [-0.2, 0) is 9.59 Å². The third-order valence-electron chi connectivity index (χ3n) is 5.08. The number of anilines is 2. The Hall–Kier alpha value is -2.94. The number of aromatic nitrogens is 2. The van der Waals surface area contributed by atoms with Gasteiger partial charge in [-0.2, -0.15) is 0 Å². The zero-order valence-corrected chi connectivity index (χ0v) is 17.8. The molecule has 1 N–H and O–H groups in total. The fourth-order valence-corrected chi connectivity index (χ4v) is 4.62. The summed E-state index contributed by atoms with van der Waals surface area (Å²) < 4.78 is 0. The molecule has 156 valence electrons. The summed E-state index contributed by atoms with van der Waals surface area (Å²) in [6, 6.07) is 7.19. The quantitative estimate of drug-likeness (QED) is 0.808. The van der Waals surface area contributed by atoms with Crippen LogP contribution < -0.4 is 10.2 Å². The van der Waals surface area contributed by atoms with Gasteiger partial charge in [-0.3, -0.25) is 19.7 Å². The summed E-state index contributed by atoms with van der Waals surface area (Å²) in [7, 11) is 0. The lowest BCUT2D eigenvalue weighted by Gasteiger charge is -2.29. The van der Waals surface area contributed by atoms with Gasteiger partial charge in [0.1, 0.15) is 6.54 Å². The van der Waals surface area contributed by atoms with Gasteiger partial charge in [0.05, 0.1) is 11.4 Å². The summed E-state index contributed by atoms with van der Waals surface area (Å²) in [6.45, 7) is 5.00. The Kier molecular flexibility index (Phi) is 5.72. The van der Waals surface area contributed by atoms with Crippen LogP contribution in [0.4, 0.5) is 11.6 Å². The van der Waals surface area contributed by atoms with Crippen LogP contribution in [0.2, 0.25) is 0 Å². The molecule has 0 aliphatic carbocycles. The Morgan fingerprint density at radius 1 is 1.10 bits per heavy atom. The zero-order valence-electron chi connectivity index (χ0n) is 17.0. The molecule has 1 aromatic carbocycles. The number of amides is 3. The first-order valence-corrected chi connectivity index (χ1v) is 10.9. The maximum absolute atomic E-state index is 12.8. The lowest BCUT2D eigenvalue weighted by Crippen LogP contribution is -2.41. The highest BCUT2D eigenvalue weighted by molar-refractivity contribution is 8.00. The number of likely N-dealkylation sites (tertiary alicyclic amines) is 1. The van der Waals surface area contributed by atoms with Gasteiger partial charge in [-0.1, -0.05) is 0 Å². The van der Waals surface area contributed by atoms with Crippen molar-refractivity contribution >= 4 is 41.1 Å². The molecular formula is C21H23N5O3S. The van der Waals surface area contributed by atoms with Crippen molar-refractivity contribution in [3.63, 3.8) is 0 Å². The van der Waals surface area contributed by atoms with E-state index in [2.05, 4.69) is 15.3 Å². The summed E-state index contributed by atoms with van der Waals surface area (Å²) in [6.07, 6.45) is 2.02. The second-order valence-electron chi connectivity index (χ2n) is 7.47. The number of nitrogens with one attached hydrogen (secondary N) is 1. The molecule has 3 amide bonds. The van der Waals surface area contributed by atoms with Gasteiger partial charge in [0.2, 0.25) is 17.8 Å². The number of aryl methyl sites for hydroxylation is 2. The van der Waals surface area contributed by atoms with E-state index in [-0.39, 0.29) is 36.0 Å². The van der Waals surface area contributed by atoms with Crippen molar-refractivity contribution < 1.29 is 14.4 Å². The van der Waals surface area contributed by atoms with Crippen molar-refractivity contribution in [2.75, 3.05) is 35.6 Å². The highest BCUT2D eigenvalue weighted by Gasteiger charge is 2.29. The summed E-state index contributed by atoms with van der Waals surface area (Å²) in [5, 5.41) is 2.67. The number of thioether (sulfide) groups is 1. The molecule has 0 bridgehead atoms. The molecule has 4 rings (SSSR count). The van der Waals surface area contributed by atoms with E-state index in [1.165, 1.54) is 16.7 Å². The number of fused-ring (bicyclic) bond motifs is 1. The monoisotopic (exact) mass is 425 g/mol. The minimum atomic E-state index is -0.387. The van der Waals surface area contributed by atoms with Crippen molar-refractivity contribution in [2.24, 2.45) is 0 Å². The number of benzene rings is 1. The van der Waals surface area contributed by atoms with Crippen LogP contribution in [0.5, 0.6) is 0 Å². The van der Waals surface area contributed by atoms with Crippen molar-refractivity contribution in [2.45, 2.75) is 31.6 Å². The van der Waals surface area contributed by atoms with E-state index in [1.54, 1.807) is 12.1 Å². The lowest BCUT2D eigenvalue weighted by molar-refractivity contribution is -0.120. The smallest absolute Gasteiger partial charge is 0.253 e. The first kappa shape index (κ1) is 20.3. The number of hydrogen-bond acceptors (Lipinski definition) is 6. The first-order chi connectivity index (χ1) is 14.4. The van der Waals surface area contributed by atoms with Crippen LogP contribution in [0.25, 0.3) is 0 Å². The molecule has 0 unspecified atom stereocenters. The Morgan fingerprint density at radius 3 is 2.50 bits per heavy atom.